The van der Waals surface area contributed by atoms with E-state index in [4.69, 9.17) is 4.74 Å². The van der Waals surface area contributed by atoms with Crippen molar-refractivity contribution in [3.63, 3.8) is 0 Å². The first-order valence-corrected chi connectivity index (χ1v) is 10.1. The lowest BCUT2D eigenvalue weighted by Crippen LogP contribution is -2.41. The average molecular weight is 366 g/mol. The summed E-state index contributed by atoms with van der Waals surface area (Å²) in [5, 5.41) is 0. The fourth-order valence-corrected chi connectivity index (χ4v) is 3.99. The SMILES string of the molecule is CCCC/C(=N/S(=O)(=O)c1ccc(C)cc1)N1CCC[C@H]1C(=O)OC. The molecule has 6 nitrogen and oxygen atoms in total. The van der Waals surface area contributed by atoms with Gasteiger partial charge in [-0.1, -0.05) is 31.0 Å². The number of aryl methyl sites for hydroxylation is 1. The number of hydrogen-bond acceptors (Lipinski definition) is 4. The molecule has 0 radical (unpaired) electrons. The van der Waals surface area contributed by atoms with E-state index in [0.29, 0.717) is 25.2 Å². The molecule has 0 aliphatic carbocycles. The zero-order valence-corrected chi connectivity index (χ0v) is 15.9. The largest absolute Gasteiger partial charge is 0.467 e. The molecule has 1 saturated heterocycles. The lowest BCUT2D eigenvalue weighted by Gasteiger charge is -2.26. The van der Waals surface area contributed by atoms with Gasteiger partial charge < -0.3 is 9.64 Å². The van der Waals surface area contributed by atoms with Crippen molar-refractivity contribution in [3.05, 3.63) is 29.8 Å². The molecule has 1 aliphatic rings. The number of esters is 1. The van der Waals surface area contributed by atoms with Crippen molar-refractivity contribution in [1.82, 2.24) is 4.90 Å². The molecule has 0 amide bonds. The Hall–Kier alpha value is -1.89. The highest BCUT2D eigenvalue weighted by atomic mass is 32.2. The quantitative estimate of drug-likeness (QED) is 0.439. The first kappa shape index (κ1) is 19.4. The summed E-state index contributed by atoms with van der Waals surface area (Å²) < 4.78 is 34.3. The summed E-state index contributed by atoms with van der Waals surface area (Å²) in [5.74, 6) is 0.116. The van der Waals surface area contributed by atoms with Crippen molar-refractivity contribution in [3.8, 4) is 0 Å². The number of sulfonamides is 1. The topological polar surface area (TPSA) is 76.0 Å². The van der Waals surface area contributed by atoms with E-state index in [1.54, 1.807) is 29.2 Å². The van der Waals surface area contributed by atoms with Gasteiger partial charge in [0.05, 0.1) is 12.0 Å². The van der Waals surface area contributed by atoms with E-state index >= 15 is 0 Å². The van der Waals surface area contributed by atoms with Gasteiger partial charge in [0.2, 0.25) is 0 Å². The summed E-state index contributed by atoms with van der Waals surface area (Å²) in [5.41, 5.74) is 0.986. The minimum absolute atomic E-state index is 0.168. The van der Waals surface area contributed by atoms with E-state index in [2.05, 4.69) is 4.40 Å². The Kier molecular flexibility index (Phi) is 6.58. The summed E-state index contributed by atoms with van der Waals surface area (Å²) in [6.07, 6.45) is 3.72. The van der Waals surface area contributed by atoms with E-state index in [9.17, 15) is 13.2 Å². The molecule has 7 heteroatoms. The van der Waals surface area contributed by atoms with Crippen LogP contribution in [0.15, 0.2) is 33.6 Å². The van der Waals surface area contributed by atoms with Crippen LogP contribution in [0.1, 0.15) is 44.6 Å². The summed E-state index contributed by atoms with van der Waals surface area (Å²) in [6, 6.07) is 6.18. The molecular formula is C18H26N2O4S. The third-order valence-corrected chi connectivity index (χ3v) is 5.67. The van der Waals surface area contributed by atoms with Gasteiger partial charge in [0.25, 0.3) is 10.0 Å². The van der Waals surface area contributed by atoms with Gasteiger partial charge in [-0.2, -0.15) is 8.42 Å². The molecule has 0 spiro atoms. The second-order valence-corrected chi connectivity index (χ2v) is 7.88. The van der Waals surface area contributed by atoms with Gasteiger partial charge in [-0.15, -0.1) is 4.40 Å². The number of methoxy groups -OCH3 is 1. The first-order valence-electron chi connectivity index (χ1n) is 8.64. The van der Waals surface area contributed by atoms with Crippen LogP contribution in [0.4, 0.5) is 0 Å². The van der Waals surface area contributed by atoms with Gasteiger partial charge in [0.1, 0.15) is 11.9 Å². The Balaban J connectivity index is 2.37. The maximum absolute atomic E-state index is 12.7. The lowest BCUT2D eigenvalue weighted by atomic mass is 10.2. The number of hydrogen-bond donors (Lipinski definition) is 0. The van der Waals surface area contributed by atoms with Crippen molar-refractivity contribution in [2.75, 3.05) is 13.7 Å². The van der Waals surface area contributed by atoms with Crippen LogP contribution in [0.5, 0.6) is 0 Å². The monoisotopic (exact) mass is 366 g/mol. The maximum atomic E-state index is 12.7. The van der Waals surface area contributed by atoms with Crippen LogP contribution in [0.25, 0.3) is 0 Å². The van der Waals surface area contributed by atoms with E-state index < -0.39 is 16.1 Å². The van der Waals surface area contributed by atoms with Crippen LogP contribution in [-0.4, -0.2) is 44.8 Å². The zero-order chi connectivity index (χ0) is 18.4. The molecule has 0 bridgehead atoms. The summed E-state index contributed by atoms with van der Waals surface area (Å²) in [6.45, 7) is 4.55. The van der Waals surface area contributed by atoms with Crippen LogP contribution in [-0.2, 0) is 19.6 Å². The van der Waals surface area contributed by atoms with E-state index in [1.807, 2.05) is 13.8 Å². The first-order chi connectivity index (χ1) is 11.9. The van der Waals surface area contributed by atoms with Gasteiger partial charge in [-0.3, -0.25) is 0 Å². The molecule has 1 aliphatic heterocycles. The fraction of sp³-hybridized carbons (Fsp3) is 0.556. The van der Waals surface area contributed by atoms with Crippen molar-refractivity contribution in [1.29, 1.82) is 0 Å². The number of amidine groups is 1. The molecule has 0 N–H and O–H groups in total. The fourth-order valence-electron chi connectivity index (χ4n) is 2.93. The molecule has 0 unspecified atom stereocenters. The Morgan fingerprint density at radius 3 is 2.60 bits per heavy atom. The Labute approximate surface area is 149 Å². The molecule has 25 heavy (non-hydrogen) atoms. The number of ether oxygens (including phenoxy) is 1. The van der Waals surface area contributed by atoms with Gasteiger partial charge in [0.15, 0.2) is 0 Å². The molecule has 1 atom stereocenters. The van der Waals surface area contributed by atoms with Crippen LogP contribution >= 0.6 is 0 Å². The second kappa shape index (κ2) is 8.47. The molecular weight excluding hydrogens is 340 g/mol. The van der Waals surface area contributed by atoms with Gasteiger partial charge in [0, 0.05) is 13.0 Å². The van der Waals surface area contributed by atoms with E-state index in [-0.39, 0.29) is 10.9 Å². The van der Waals surface area contributed by atoms with Crippen LogP contribution in [0.2, 0.25) is 0 Å². The summed E-state index contributed by atoms with van der Waals surface area (Å²) in [4.78, 5) is 14.0. The van der Waals surface area contributed by atoms with Gasteiger partial charge >= 0.3 is 5.97 Å². The lowest BCUT2D eigenvalue weighted by molar-refractivity contribution is -0.144. The van der Waals surface area contributed by atoms with Gasteiger partial charge in [-0.05, 0) is 38.3 Å². The number of rotatable bonds is 6. The number of carbonyl (C=O) groups is 1. The Morgan fingerprint density at radius 1 is 1.32 bits per heavy atom. The predicted molar refractivity (Wildman–Crippen MR) is 97.1 cm³/mol. The number of likely N-dealkylation sites (tertiary alicyclic amines) is 1. The van der Waals surface area contributed by atoms with Crippen LogP contribution < -0.4 is 0 Å². The molecule has 0 saturated carbocycles. The number of nitrogens with zero attached hydrogens (tertiary/aromatic N) is 2. The molecule has 0 aromatic heterocycles. The molecule has 1 heterocycles. The van der Waals surface area contributed by atoms with Crippen molar-refractivity contribution in [2.45, 2.75) is 56.9 Å². The highest BCUT2D eigenvalue weighted by Gasteiger charge is 2.34. The minimum Gasteiger partial charge on any atom is -0.467 e. The van der Waals surface area contributed by atoms with Crippen molar-refractivity contribution >= 4 is 21.8 Å². The molecule has 1 fully saturated rings. The third kappa shape index (κ3) is 4.81. The summed E-state index contributed by atoms with van der Waals surface area (Å²) in [7, 11) is -2.45. The Morgan fingerprint density at radius 2 is 2.00 bits per heavy atom. The molecule has 1 aromatic rings. The number of carbonyl (C=O) groups excluding carboxylic acids is 1. The predicted octanol–water partition coefficient (Wildman–Crippen LogP) is 2.91. The van der Waals surface area contributed by atoms with E-state index in [0.717, 1.165) is 24.8 Å². The zero-order valence-electron chi connectivity index (χ0n) is 15.1. The average Bonchev–Trinajstić information content (AvgIpc) is 3.08. The molecule has 2 rings (SSSR count). The van der Waals surface area contributed by atoms with Crippen LogP contribution in [0.3, 0.4) is 0 Å². The number of benzene rings is 1. The molecule has 1 aromatic carbocycles. The second-order valence-electron chi connectivity index (χ2n) is 6.27. The highest BCUT2D eigenvalue weighted by molar-refractivity contribution is 7.90. The number of unbranched alkanes of at least 4 members (excludes halogenated alkanes) is 1. The van der Waals surface area contributed by atoms with Crippen molar-refractivity contribution < 1.29 is 17.9 Å². The smallest absolute Gasteiger partial charge is 0.328 e. The Bertz CT molecular complexity index is 726. The van der Waals surface area contributed by atoms with E-state index in [1.165, 1.54) is 7.11 Å². The normalized spacial score (nSPS) is 18.4. The highest BCUT2D eigenvalue weighted by Crippen LogP contribution is 2.23. The third-order valence-electron chi connectivity index (χ3n) is 4.36. The summed E-state index contributed by atoms with van der Waals surface area (Å²) >= 11 is 0. The van der Waals surface area contributed by atoms with Crippen molar-refractivity contribution in [2.24, 2.45) is 4.40 Å². The standard InChI is InChI=1S/C18H26N2O4S/c1-4-5-8-17(20-13-6-7-16(20)18(21)24-3)19-25(22,23)15-11-9-14(2)10-12-15/h9-12,16H,4-8,13H2,1-3H3/b19-17-/t16-/m0/s1. The minimum atomic E-state index is -3.81. The van der Waals surface area contributed by atoms with Gasteiger partial charge in [-0.25, -0.2) is 4.79 Å². The molecule has 138 valence electrons. The van der Waals surface area contributed by atoms with Crippen LogP contribution in [0, 0.1) is 6.92 Å². The maximum Gasteiger partial charge on any atom is 0.328 e.